The Balaban J connectivity index is 2.18. The summed E-state index contributed by atoms with van der Waals surface area (Å²) in [6.07, 6.45) is 1.23. The van der Waals surface area contributed by atoms with Crippen LogP contribution >= 0.6 is 0 Å². The number of nitrogens with one attached hydrogen (secondary N) is 1. The van der Waals surface area contributed by atoms with Gasteiger partial charge in [0, 0.05) is 11.8 Å². The van der Waals surface area contributed by atoms with Gasteiger partial charge in [0.2, 0.25) is 11.8 Å². The van der Waals surface area contributed by atoms with Crippen molar-refractivity contribution in [2.75, 3.05) is 0 Å². The second-order valence-corrected chi connectivity index (χ2v) is 5.57. The number of nitrogens with two attached hydrogens (primary N) is 1. The zero-order valence-electron chi connectivity index (χ0n) is 13.4. The van der Waals surface area contributed by atoms with Crippen LogP contribution in [0.1, 0.15) is 34.8 Å². The highest BCUT2D eigenvalue weighted by Crippen LogP contribution is 2.30. The SMILES string of the molecule is CC(N)c1nnc(-c2cc(C(=O)O)cc(-c3ccccc3C=N)c2)o1. The molecule has 0 bridgehead atoms. The lowest BCUT2D eigenvalue weighted by atomic mass is 9.96. The molecular weight excluding hydrogens is 320 g/mol. The van der Waals surface area contributed by atoms with Crippen LogP contribution < -0.4 is 5.73 Å². The van der Waals surface area contributed by atoms with Crippen molar-refractivity contribution in [2.45, 2.75) is 13.0 Å². The molecule has 25 heavy (non-hydrogen) atoms. The highest BCUT2D eigenvalue weighted by Gasteiger charge is 2.16. The molecule has 7 nitrogen and oxygen atoms in total. The average molecular weight is 336 g/mol. The lowest BCUT2D eigenvalue weighted by molar-refractivity contribution is 0.0697. The minimum Gasteiger partial charge on any atom is -0.478 e. The van der Waals surface area contributed by atoms with E-state index in [1.807, 2.05) is 18.2 Å². The van der Waals surface area contributed by atoms with Crippen LogP contribution in [0, 0.1) is 5.41 Å². The van der Waals surface area contributed by atoms with Gasteiger partial charge in [-0.1, -0.05) is 24.3 Å². The first-order valence-electron chi connectivity index (χ1n) is 7.57. The second-order valence-electron chi connectivity index (χ2n) is 5.57. The molecule has 0 saturated carbocycles. The van der Waals surface area contributed by atoms with E-state index in [0.717, 1.165) is 5.56 Å². The predicted molar refractivity (Wildman–Crippen MR) is 92.6 cm³/mol. The first-order chi connectivity index (χ1) is 12.0. The molecule has 0 aliphatic heterocycles. The number of nitrogens with zero attached hydrogens (tertiary/aromatic N) is 2. The maximum Gasteiger partial charge on any atom is 0.335 e. The Bertz CT molecular complexity index is 947. The third-order valence-corrected chi connectivity index (χ3v) is 3.68. The summed E-state index contributed by atoms with van der Waals surface area (Å²) in [6.45, 7) is 1.72. The number of hydrogen-bond acceptors (Lipinski definition) is 6. The summed E-state index contributed by atoms with van der Waals surface area (Å²) in [5, 5.41) is 24.8. The van der Waals surface area contributed by atoms with E-state index in [9.17, 15) is 9.90 Å². The van der Waals surface area contributed by atoms with E-state index in [2.05, 4.69) is 10.2 Å². The summed E-state index contributed by atoms with van der Waals surface area (Å²) >= 11 is 0. The van der Waals surface area contributed by atoms with Gasteiger partial charge in [0.1, 0.15) is 0 Å². The zero-order valence-corrected chi connectivity index (χ0v) is 13.4. The molecule has 0 aliphatic rings. The van der Waals surface area contributed by atoms with Crippen molar-refractivity contribution in [1.29, 1.82) is 5.41 Å². The smallest absolute Gasteiger partial charge is 0.335 e. The highest BCUT2D eigenvalue weighted by atomic mass is 16.4. The molecule has 1 heterocycles. The molecule has 1 aromatic heterocycles. The zero-order chi connectivity index (χ0) is 18.0. The minimum absolute atomic E-state index is 0.0906. The van der Waals surface area contributed by atoms with E-state index >= 15 is 0 Å². The Labute approximate surface area is 143 Å². The number of hydrogen-bond donors (Lipinski definition) is 3. The molecule has 3 rings (SSSR count). The van der Waals surface area contributed by atoms with Gasteiger partial charge in [-0.05, 0) is 41.8 Å². The average Bonchev–Trinajstić information content (AvgIpc) is 3.11. The highest BCUT2D eigenvalue weighted by molar-refractivity contribution is 5.94. The molecule has 0 radical (unpaired) electrons. The molecule has 3 aromatic rings. The van der Waals surface area contributed by atoms with Crippen molar-refractivity contribution in [3.63, 3.8) is 0 Å². The number of carbonyl (C=O) groups is 1. The topological polar surface area (TPSA) is 126 Å². The third-order valence-electron chi connectivity index (χ3n) is 3.68. The predicted octanol–water partition coefficient (Wildman–Crippen LogP) is 3.12. The molecule has 126 valence electrons. The third kappa shape index (κ3) is 3.31. The largest absolute Gasteiger partial charge is 0.478 e. The Morgan fingerprint density at radius 3 is 2.60 bits per heavy atom. The van der Waals surface area contributed by atoms with Crippen LogP contribution in [0.5, 0.6) is 0 Å². The summed E-state index contributed by atoms with van der Waals surface area (Å²) in [6, 6.07) is 11.6. The fourth-order valence-electron chi connectivity index (χ4n) is 2.45. The quantitative estimate of drug-likeness (QED) is 0.614. The van der Waals surface area contributed by atoms with Gasteiger partial charge in [0.25, 0.3) is 0 Å². The standard InChI is InChI=1S/C18H16N4O3/c1-10(20)16-21-22-17(25-16)13-6-12(7-14(8-13)18(23)24)15-5-3-2-4-11(15)9-19/h2-10,19H,20H2,1H3,(H,23,24). The first kappa shape index (κ1) is 16.5. The molecule has 1 atom stereocenters. The molecular formula is C18H16N4O3. The van der Waals surface area contributed by atoms with Gasteiger partial charge in [-0.2, -0.15) is 0 Å². The number of aromatic nitrogens is 2. The molecule has 2 aromatic carbocycles. The van der Waals surface area contributed by atoms with E-state index in [0.29, 0.717) is 16.7 Å². The lowest BCUT2D eigenvalue weighted by Crippen LogP contribution is -2.04. The van der Waals surface area contributed by atoms with Crippen molar-refractivity contribution >= 4 is 12.2 Å². The van der Waals surface area contributed by atoms with Gasteiger partial charge in [0.05, 0.1) is 11.6 Å². The molecule has 4 N–H and O–H groups in total. The van der Waals surface area contributed by atoms with E-state index in [1.54, 1.807) is 25.1 Å². The Morgan fingerprint density at radius 1 is 1.24 bits per heavy atom. The van der Waals surface area contributed by atoms with Gasteiger partial charge < -0.3 is 20.7 Å². The molecule has 0 saturated heterocycles. The normalized spacial score (nSPS) is 11.9. The van der Waals surface area contributed by atoms with Gasteiger partial charge in [0.15, 0.2) is 0 Å². The fourth-order valence-corrected chi connectivity index (χ4v) is 2.45. The number of aromatic carboxylic acids is 1. The summed E-state index contributed by atoms with van der Waals surface area (Å²) < 4.78 is 5.53. The molecule has 0 fully saturated rings. The number of rotatable bonds is 5. The van der Waals surface area contributed by atoms with Crippen LogP contribution in [0.3, 0.4) is 0 Å². The van der Waals surface area contributed by atoms with Gasteiger partial charge in [-0.15, -0.1) is 10.2 Å². The van der Waals surface area contributed by atoms with Crippen LogP contribution in [-0.2, 0) is 0 Å². The van der Waals surface area contributed by atoms with E-state index < -0.39 is 12.0 Å². The number of carboxylic acids is 1. The minimum atomic E-state index is -1.07. The van der Waals surface area contributed by atoms with E-state index in [4.69, 9.17) is 15.6 Å². The maximum atomic E-state index is 11.5. The van der Waals surface area contributed by atoms with E-state index in [-0.39, 0.29) is 17.3 Å². The second kappa shape index (κ2) is 6.66. The molecule has 1 unspecified atom stereocenters. The van der Waals surface area contributed by atoms with Crippen LogP contribution in [-0.4, -0.2) is 27.5 Å². The Kier molecular flexibility index (Phi) is 4.40. The monoisotopic (exact) mass is 336 g/mol. The molecule has 0 spiro atoms. The van der Waals surface area contributed by atoms with Crippen LogP contribution in [0.2, 0.25) is 0 Å². The van der Waals surface area contributed by atoms with Crippen LogP contribution in [0.4, 0.5) is 0 Å². The molecule has 0 aliphatic carbocycles. The molecule has 7 heteroatoms. The first-order valence-corrected chi connectivity index (χ1v) is 7.57. The Morgan fingerprint density at radius 2 is 1.96 bits per heavy atom. The fraction of sp³-hybridized carbons (Fsp3) is 0.111. The summed E-state index contributed by atoms with van der Waals surface area (Å²) in [5.74, 6) is -0.594. The Hall–Kier alpha value is -3.32. The van der Waals surface area contributed by atoms with Crippen LogP contribution in [0.25, 0.3) is 22.6 Å². The van der Waals surface area contributed by atoms with Crippen molar-refractivity contribution in [2.24, 2.45) is 5.73 Å². The van der Waals surface area contributed by atoms with Gasteiger partial charge >= 0.3 is 5.97 Å². The lowest BCUT2D eigenvalue weighted by Gasteiger charge is -2.09. The van der Waals surface area contributed by atoms with Gasteiger partial charge in [-0.3, -0.25) is 0 Å². The van der Waals surface area contributed by atoms with Crippen molar-refractivity contribution < 1.29 is 14.3 Å². The maximum absolute atomic E-state index is 11.5. The number of benzene rings is 2. The summed E-state index contributed by atoms with van der Waals surface area (Å²) in [5.41, 5.74) is 8.37. The molecule has 0 amide bonds. The summed E-state index contributed by atoms with van der Waals surface area (Å²) in [7, 11) is 0. The summed E-state index contributed by atoms with van der Waals surface area (Å²) in [4.78, 5) is 11.5. The van der Waals surface area contributed by atoms with Crippen molar-refractivity contribution in [3.05, 3.63) is 59.5 Å². The van der Waals surface area contributed by atoms with Crippen LogP contribution in [0.15, 0.2) is 46.9 Å². The number of carboxylic acid groups (broad SMARTS) is 1. The van der Waals surface area contributed by atoms with Crippen molar-refractivity contribution in [1.82, 2.24) is 10.2 Å². The van der Waals surface area contributed by atoms with Gasteiger partial charge in [-0.25, -0.2) is 4.79 Å². The van der Waals surface area contributed by atoms with Crippen molar-refractivity contribution in [3.8, 4) is 22.6 Å². The van der Waals surface area contributed by atoms with E-state index in [1.165, 1.54) is 12.3 Å².